The second-order valence-corrected chi connectivity index (χ2v) is 3.97. The van der Waals surface area contributed by atoms with Crippen LogP contribution >= 0.6 is 0 Å². The predicted molar refractivity (Wildman–Crippen MR) is 50.1 cm³/mol. The molecule has 0 aromatic carbocycles. The largest absolute Gasteiger partial charge is 0.458 e. The van der Waals surface area contributed by atoms with Gasteiger partial charge in [-0.25, -0.2) is 4.79 Å². The number of esters is 1. The minimum Gasteiger partial charge on any atom is -0.458 e. The number of rotatable bonds is 1. The van der Waals surface area contributed by atoms with Gasteiger partial charge in [-0.3, -0.25) is 0 Å². The number of carbonyl (C=O) groups is 1. The van der Waals surface area contributed by atoms with E-state index >= 15 is 0 Å². The Morgan fingerprint density at radius 1 is 1.46 bits per heavy atom. The van der Waals surface area contributed by atoms with E-state index in [2.05, 4.69) is 19.9 Å². The van der Waals surface area contributed by atoms with Gasteiger partial charge in [0.2, 0.25) is 0 Å². The highest BCUT2D eigenvalue weighted by molar-refractivity contribution is 5.92. The molecule has 0 unspecified atom stereocenters. The lowest BCUT2D eigenvalue weighted by Crippen LogP contribution is -2.06. The minimum atomic E-state index is -0.0961. The zero-order valence-electron chi connectivity index (χ0n) is 8.09. The Hall–Kier alpha value is -1.05. The van der Waals surface area contributed by atoms with Crippen LogP contribution < -0.4 is 0 Å². The molecule has 2 nitrogen and oxygen atoms in total. The van der Waals surface area contributed by atoms with E-state index in [1.54, 1.807) is 0 Å². The number of hydrogen-bond acceptors (Lipinski definition) is 2. The Kier molecular flexibility index (Phi) is 1.98. The number of cyclic esters (lactones) is 1. The van der Waals surface area contributed by atoms with Crippen LogP contribution in [0.3, 0.4) is 0 Å². The van der Waals surface area contributed by atoms with Crippen molar-refractivity contribution < 1.29 is 9.53 Å². The van der Waals surface area contributed by atoms with Crippen LogP contribution in [-0.4, -0.2) is 12.6 Å². The summed E-state index contributed by atoms with van der Waals surface area (Å²) in [5.74, 6) is 0.448. The van der Waals surface area contributed by atoms with Gasteiger partial charge in [-0.2, -0.15) is 0 Å². The normalized spacial score (nSPS) is 21.8. The summed E-state index contributed by atoms with van der Waals surface area (Å²) in [6.07, 6.45) is 3.96. The molecule has 1 aliphatic heterocycles. The van der Waals surface area contributed by atoms with Crippen LogP contribution in [0, 0.1) is 5.92 Å². The fraction of sp³-hybridized carbons (Fsp3) is 0.545. The smallest absolute Gasteiger partial charge is 0.334 e. The van der Waals surface area contributed by atoms with E-state index in [0.29, 0.717) is 12.5 Å². The van der Waals surface area contributed by atoms with Crippen molar-refractivity contribution in [2.75, 3.05) is 6.61 Å². The quantitative estimate of drug-likeness (QED) is 0.454. The van der Waals surface area contributed by atoms with Crippen LogP contribution in [0.5, 0.6) is 0 Å². The molecular weight excluding hydrogens is 164 g/mol. The third-order valence-corrected chi connectivity index (χ3v) is 2.78. The SMILES string of the molecule is CC(C)C1=CCC2=C(C1)C(=O)OC2. The molecule has 2 aliphatic rings. The van der Waals surface area contributed by atoms with Gasteiger partial charge in [0.05, 0.1) is 0 Å². The summed E-state index contributed by atoms with van der Waals surface area (Å²) in [6, 6.07) is 0. The molecule has 0 saturated carbocycles. The topological polar surface area (TPSA) is 26.3 Å². The molecule has 0 bridgehead atoms. The first kappa shape index (κ1) is 8.54. The van der Waals surface area contributed by atoms with Crippen molar-refractivity contribution in [3.8, 4) is 0 Å². The van der Waals surface area contributed by atoms with E-state index in [1.807, 2.05) is 0 Å². The summed E-state index contributed by atoms with van der Waals surface area (Å²) >= 11 is 0. The molecule has 0 aromatic rings. The zero-order chi connectivity index (χ0) is 9.42. The maximum atomic E-state index is 11.3. The van der Waals surface area contributed by atoms with Crippen molar-refractivity contribution in [3.05, 3.63) is 22.8 Å². The number of allylic oxidation sites excluding steroid dienone is 2. The van der Waals surface area contributed by atoms with Gasteiger partial charge >= 0.3 is 5.97 Å². The molecule has 0 radical (unpaired) electrons. The van der Waals surface area contributed by atoms with Crippen LogP contribution in [0.15, 0.2) is 22.8 Å². The van der Waals surface area contributed by atoms with E-state index in [0.717, 1.165) is 18.4 Å². The summed E-state index contributed by atoms with van der Waals surface area (Å²) in [5.41, 5.74) is 3.48. The van der Waals surface area contributed by atoms with Gasteiger partial charge < -0.3 is 4.74 Å². The van der Waals surface area contributed by atoms with Crippen LogP contribution in [0.1, 0.15) is 26.7 Å². The third kappa shape index (κ3) is 1.41. The van der Waals surface area contributed by atoms with Crippen LogP contribution in [0.4, 0.5) is 0 Å². The van der Waals surface area contributed by atoms with Gasteiger partial charge in [0.15, 0.2) is 0 Å². The first-order valence-corrected chi connectivity index (χ1v) is 4.75. The average molecular weight is 178 g/mol. The van der Waals surface area contributed by atoms with Crippen LogP contribution in [-0.2, 0) is 9.53 Å². The van der Waals surface area contributed by atoms with Gasteiger partial charge in [-0.1, -0.05) is 25.5 Å². The standard InChI is InChI=1S/C11H14O2/c1-7(2)8-3-4-9-6-13-11(12)10(9)5-8/h3,7H,4-6H2,1-2H3. The molecule has 70 valence electrons. The summed E-state index contributed by atoms with van der Waals surface area (Å²) in [7, 11) is 0. The van der Waals surface area contributed by atoms with Gasteiger partial charge in [0.1, 0.15) is 6.61 Å². The average Bonchev–Trinajstić information content (AvgIpc) is 2.47. The first-order valence-electron chi connectivity index (χ1n) is 4.75. The summed E-state index contributed by atoms with van der Waals surface area (Å²) < 4.78 is 4.98. The molecule has 0 aromatic heterocycles. The highest BCUT2D eigenvalue weighted by Gasteiger charge is 2.27. The Labute approximate surface area is 78.3 Å². The van der Waals surface area contributed by atoms with Crippen molar-refractivity contribution in [2.24, 2.45) is 5.92 Å². The van der Waals surface area contributed by atoms with Gasteiger partial charge in [0, 0.05) is 12.0 Å². The molecule has 0 amide bonds. The Morgan fingerprint density at radius 2 is 2.23 bits per heavy atom. The highest BCUT2D eigenvalue weighted by Crippen LogP contribution is 2.32. The van der Waals surface area contributed by atoms with E-state index in [1.165, 1.54) is 11.1 Å². The van der Waals surface area contributed by atoms with Crippen molar-refractivity contribution in [1.82, 2.24) is 0 Å². The van der Waals surface area contributed by atoms with Gasteiger partial charge in [-0.15, -0.1) is 0 Å². The third-order valence-electron chi connectivity index (χ3n) is 2.78. The fourth-order valence-corrected chi connectivity index (χ4v) is 1.82. The maximum Gasteiger partial charge on any atom is 0.334 e. The molecule has 1 heterocycles. The van der Waals surface area contributed by atoms with Gasteiger partial charge in [0.25, 0.3) is 0 Å². The summed E-state index contributed by atoms with van der Waals surface area (Å²) in [4.78, 5) is 11.3. The van der Waals surface area contributed by atoms with Crippen LogP contribution in [0.25, 0.3) is 0 Å². The second kappa shape index (κ2) is 3.02. The molecule has 0 fully saturated rings. The van der Waals surface area contributed by atoms with Crippen LogP contribution in [0.2, 0.25) is 0 Å². The van der Waals surface area contributed by atoms with E-state index < -0.39 is 0 Å². The molecule has 2 heteroatoms. The maximum absolute atomic E-state index is 11.3. The number of hydrogen-bond donors (Lipinski definition) is 0. The van der Waals surface area contributed by atoms with E-state index in [9.17, 15) is 4.79 Å². The lowest BCUT2D eigenvalue weighted by atomic mass is 9.87. The lowest BCUT2D eigenvalue weighted by molar-refractivity contribution is -0.136. The lowest BCUT2D eigenvalue weighted by Gasteiger charge is -2.16. The first-order chi connectivity index (χ1) is 6.18. The summed E-state index contributed by atoms with van der Waals surface area (Å²) in [5, 5.41) is 0. The molecule has 0 N–H and O–H groups in total. The zero-order valence-corrected chi connectivity index (χ0v) is 8.09. The van der Waals surface area contributed by atoms with Crippen molar-refractivity contribution in [2.45, 2.75) is 26.7 Å². The number of ether oxygens (including phenoxy) is 1. The molecule has 13 heavy (non-hydrogen) atoms. The monoisotopic (exact) mass is 178 g/mol. The molecule has 0 atom stereocenters. The predicted octanol–water partition coefficient (Wildman–Crippen LogP) is 2.22. The molecular formula is C11H14O2. The number of carbonyl (C=O) groups excluding carboxylic acids is 1. The van der Waals surface area contributed by atoms with Crippen molar-refractivity contribution >= 4 is 5.97 Å². The van der Waals surface area contributed by atoms with E-state index in [-0.39, 0.29) is 5.97 Å². The Bertz CT molecular complexity index is 308. The highest BCUT2D eigenvalue weighted by atomic mass is 16.5. The molecule has 0 spiro atoms. The molecule has 0 saturated heterocycles. The summed E-state index contributed by atoms with van der Waals surface area (Å²) in [6.45, 7) is 4.85. The molecule has 2 rings (SSSR count). The Morgan fingerprint density at radius 3 is 2.92 bits per heavy atom. The van der Waals surface area contributed by atoms with Gasteiger partial charge in [-0.05, 0) is 17.9 Å². The second-order valence-electron chi connectivity index (χ2n) is 3.97. The minimum absolute atomic E-state index is 0.0961. The molecule has 1 aliphatic carbocycles. The van der Waals surface area contributed by atoms with Crippen molar-refractivity contribution in [3.63, 3.8) is 0 Å². The van der Waals surface area contributed by atoms with E-state index in [4.69, 9.17) is 4.74 Å². The fourth-order valence-electron chi connectivity index (χ4n) is 1.82. The van der Waals surface area contributed by atoms with Crippen molar-refractivity contribution in [1.29, 1.82) is 0 Å². The Balaban J connectivity index is 2.18.